The minimum Gasteiger partial charge on any atom is -0.444 e. The molecule has 0 aromatic heterocycles. The number of halogens is 1. The van der Waals surface area contributed by atoms with Gasteiger partial charge in [-0.1, -0.05) is 22.6 Å². The van der Waals surface area contributed by atoms with Crippen LogP contribution in [0.1, 0.15) is 33.6 Å². The van der Waals surface area contributed by atoms with E-state index in [9.17, 15) is 4.79 Å². The fourth-order valence-electron chi connectivity index (χ4n) is 2.30. The zero-order valence-corrected chi connectivity index (χ0v) is 16.9. The first-order valence-corrected chi connectivity index (χ1v) is 9.59. The lowest BCUT2D eigenvalue weighted by atomic mass is 9.93. The Morgan fingerprint density at radius 1 is 1.13 bits per heavy atom. The Labute approximate surface area is 153 Å². The van der Waals surface area contributed by atoms with Crippen LogP contribution in [-0.2, 0) is 18.9 Å². The largest absolute Gasteiger partial charge is 0.444 e. The first-order valence-electron chi connectivity index (χ1n) is 8.06. The summed E-state index contributed by atoms with van der Waals surface area (Å²) in [6, 6.07) is 0. The molecule has 1 heterocycles. The Kier molecular flexibility index (Phi) is 9.10. The third kappa shape index (κ3) is 8.00. The highest BCUT2D eigenvalue weighted by Crippen LogP contribution is 2.29. The minimum absolute atomic E-state index is 0.163. The number of alkyl halides is 1. The van der Waals surface area contributed by atoms with Crippen LogP contribution in [0.25, 0.3) is 0 Å². The lowest BCUT2D eigenvalue weighted by molar-refractivity contribution is -0.0851. The van der Waals surface area contributed by atoms with Gasteiger partial charge in [0.1, 0.15) is 5.60 Å². The van der Waals surface area contributed by atoms with Crippen molar-refractivity contribution in [3.8, 4) is 0 Å². The normalized spacial score (nSPS) is 18.0. The average Bonchev–Trinajstić information content (AvgIpc) is 2.49. The standard InChI is InChI=1S/C16H30INO5/c1-15(2,3)23-14(19)18-7-5-16(13-17,6-8-18)22-12-11-21-10-9-20-4/h5-13H2,1-4H3. The molecule has 1 aliphatic heterocycles. The molecule has 23 heavy (non-hydrogen) atoms. The van der Waals surface area contributed by atoms with Gasteiger partial charge in [0.05, 0.1) is 32.0 Å². The van der Waals surface area contributed by atoms with E-state index in [4.69, 9.17) is 18.9 Å². The Hall–Kier alpha value is -0.120. The molecule has 1 fully saturated rings. The van der Waals surface area contributed by atoms with E-state index in [1.165, 1.54) is 0 Å². The van der Waals surface area contributed by atoms with Crippen LogP contribution in [-0.4, -0.2) is 73.2 Å². The molecule has 0 aromatic rings. The third-order valence-electron chi connectivity index (χ3n) is 3.64. The molecule has 0 radical (unpaired) electrons. The summed E-state index contributed by atoms with van der Waals surface area (Å²) in [4.78, 5) is 13.9. The highest BCUT2D eigenvalue weighted by molar-refractivity contribution is 14.1. The molecule has 1 aliphatic rings. The summed E-state index contributed by atoms with van der Waals surface area (Å²) in [5.41, 5.74) is -0.616. The maximum absolute atomic E-state index is 12.1. The van der Waals surface area contributed by atoms with Crippen LogP contribution in [0.4, 0.5) is 4.79 Å². The number of methoxy groups -OCH3 is 1. The van der Waals surface area contributed by atoms with Gasteiger partial charge in [0.2, 0.25) is 0 Å². The Morgan fingerprint density at radius 2 is 1.74 bits per heavy atom. The SMILES string of the molecule is COCCOCCOC1(CI)CCN(C(=O)OC(C)(C)C)CC1. The van der Waals surface area contributed by atoms with Crippen LogP contribution in [0.2, 0.25) is 0 Å². The predicted octanol–water partition coefficient (Wildman–Crippen LogP) is 2.87. The van der Waals surface area contributed by atoms with Crippen LogP contribution in [0.5, 0.6) is 0 Å². The highest BCUT2D eigenvalue weighted by Gasteiger charge is 2.37. The minimum atomic E-state index is -0.453. The van der Waals surface area contributed by atoms with E-state index in [0.29, 0.717) is 39.5 Å². The lowest BCUT2D eigenvalue weighted by Gasteiger charge is -2.40. The molecule has 1 rings (SSSR count). The zero-order valence-electron chi connectivity index (χ0n) is 14.7. The number of hydrogen-bond donors (Lipinski definition) is 0. The molecular formula is C16H30INO5. The summed E-state index contributed by atoms with van der Waals surface area (Å²) in [7, 11) is 1.66. The quantitative estimate of drug-likeness (QED) is 0.328. The van der Waals surface area contributed by atoms with Gasteiger partial charge in [0.25, 0.3) is 0 Å². The van der Waals surface area contributed by atoms with Crippen molar-refractivity contribution in [3.05, 3.63) is 0 Å². The number of carbonyl (C=O) groups is 1. The molecule has 0 saturated carbocycles. The second-order valence-electron chi connectivity index (χ2n) is 6.74. The maximum atomic E-state index is 12.1. The molecular weight excluding hydrogens is 413 g/mol. The van der Waals surface area contributed by atoms with E-state index in [2.05, 4.69) is 22.6 Å². The number of ether oxygens (including phenoxy) is 4. The molecule has 0 N–H and O–H groups in total. The number of piperidine rings is 1. The first-order chi connectivity index (χ1) is 10.8. The van der Waals surface area contributed by atoms with Gasteiger partial charge in [-0.05, 0) is 33.6 Å². The van der Waals surface area contributed by atoms with E-state index < -0.39 is 5.60 Å². The summed E-state index contributed by atoms with van der Waals surface area (Å²) in [5, 5.41) is 0. The zero-order chi connectivity index (χ0) is 17.3. The van der Waals surface area contributed by atoms with Crippen molar-refractivity contribution in [2.75, 3.05) is 51.1 Å². The second-order valence-corrected chi connectivity index (χ2v) is 7.50. The van der Waals surface area contributed by atoms with Crippen LogP contribution < -0.4 is 0 Å². The van der Waals surface area contributed by atoms with E-state index in [0.717, 1.165) is 17.3 Å². The van der Waals surface area contributed by atoms with Crippen LogP contribution >= 0.6 is 22.6 Å². The van der Waals surface area contributed by atoms with Crippen LogP contribution in [0, 0.1) is 0 Å². The van der Waals surface area contributed by atoms with Gasteiger partial charge >= 0.3 is 6.09 Å². The van der Waals surface area contributed by atoms with Crippen molar-refractivity contribution in [2.45, 2.75) is 44.8 Å². The van der Waals surface area contributed by atoms with E-state index in [1.54, 1.807) is 12.0 Å². The topological polar surface area (TPSA) is 57.2 Å². The first kappa shape index (κ1) is 20.9. The van der Waals surface area contributed by atoms with E-state index in [-0.39, 0.29) is 11.7 Å². The van der Waals surface area contributed by atoms with Crippen LogP contribution in [0.3, 0.4) is 0 Å². The van der Waals surface area contributed by atoms with E-state index in [1.807, 2.05) is 20.8 Å². The molecule has 0 spiro atoms. The molecule has 0 bridgehead atoms. The van der Waals surface area contributed by atoms with Crippen molar-refractivity contribution >= 4 is 28.7 Å². The van der Waals surface area contributed by atoms with Gasteiger partial charge in [-0.3, -0.25) is 0 Å². The van der Waals surface area contributed by atoms with Gasteiger partial charge in [0, 0.05) is 24.6 Å². The summed E-state index contributed by atoms with van der Waals surface area (Å²) in [5.74, 6) is 0. The van der Waals surface area contributed by atoms with Crippen molar-refractivity contribution in [2.24, 2.45) is 0 Å². The summed E-state index contributed by atoms with van der Waals surface area (Å²) in [6.45, 7) is 9.32. The second kappa shape index (κ2) is 10.0. The Morgan fingerprint density at radius 3 is 2.26 bits per heavy atom. The van der Waals surface area contributed by atoms with Gasteiger partial charge in [-0.25, -0.2) is 4.79 Å². The molecule has 0 unspecified atom stereocenters. The molecule has 0 atom stereocenters. The van der Waals surface area contributed by atoms with Gasteiger partial charge in [-0.15, -0.1) is 0 Å². The smallest absolute Gasteiger partial charge is 0.410 e. The average molecular weight is 443 g/mol. The molecule has 6 nitrogen and oxygen atoms in total. The maximum Gasteiger partial charge on any atom is 0.410 e. The molecule has 0 aromatic carbocycles. The molecule has 1 saturated heterocycles. The Balaban J connectivity index is 2.33. The van der Waals surface area contributed by atoms with Crippen molar-refractivity contribution in [3.63, 3.8) is 0 Å². The number of likely N-dealkylation sites (tertiary alicyclic amines) is 1. The summed E-state index contributed by atoms with van der Waals surface area (Å²) < 4.78 is 22.8. The van der Waals surface area contributed by atoms with Crippen LogP contribution in [0.15, 0.2) is 0 Å². The fourth-order valence-corrected chi connectivity index (χ4v) is 3.28. The van der Waals surface area contributed by atoms with Gasteiger partial charge < -0.3 is 23.8 Å². The number of amides is 1. The monoisotopic (exact) mass is 443 g/mol. The lowest BCUT2D eigenvalue weighted by Crippen LogP contribution is -2.50. The number of hydrogen-bond acceptors (Lipinski definition) is 5. The van der Waals surface area contributed by atoms with Crippen molar-refractivity contribution in [1.82, 2.24) is 4.90 Å². The molecule has 0 aliphatic carbocycles. The van der Waals surface area contributed by atoms with Gasteiger partial charge in [0.15, 0.2) is 0 Å². The Bertz CT molecular complexity index is 351. The van der Waals surface area contributed by atoms with Crippen molar-refractivity contribution < 1.29 is 23.7 Å². The highest BCUT2D eigenvalue weighted by atomic mass is 127. The third-order valence-corrected chi connectivity index (χ3v) is 5.03. The van der Waals surface area contributed by atoms with E-state index >= 15 is 0 Å². The number of nitrogens with zero attached hydrogens (tertiary/aromatic N) is 1. The summed E-state index contributed by atoms with van der Waals surface area (Å²) in [6.07, 6.45) is 1.42. The number of rotatable bonds is 8. The van der Waals surface area contributed by atoms with Crippen molar-refractivity contribution in [1.29, 1.82) is 0 Å². The molecule has 1 amide bonds. The van der Waals surface area contributed by atoms with Gasteiger partial charge in [-0.2, -0.15) is 0 Å². The fraction of sp³-hybridized carbons (Fsp3) is 0.938. The summed E-state index contributed by atoms with van der Waals surface area (Å²) >= 11 is 2.36. The molecule has 136 valence electrons. The predicted molar refractivity (Wildman–Crippen MR) is 97.3 cm³/mol. The number of carbonyl (C=O) groups excluding carboxylic acids is 1. The molecule has 7 heteroatoms.